The molecule has 0 saturated heterocycles. The topological polar surface area (TPSA) is 47.6 Å². The van der Waals surface area contributed by atoms with Crippen LogP contribution in [0, 0.1) is 13.8 Å². The molecule has 0 heterocycles. The molecule has 2 aromatic rings. The van der Waals surface area contributed by atoms with Crippen LogP contribution in [0.15, 0.2) is 42.5 Å². The van der Waals surface area contributed by atoms with Gasteiger partial charge in [-0.05, 0) is 67.8 Å². The van der Waals surface area contributed by atoms with E-state index in [0.717, 1.165) is 28.3 Å². The summed E-state index contributed by atoms with van der Waals surface area (Å²) in [6.45, 7) is 5.96. The number of hydrogen-bond acceptors (Lipinski definition) is 3. The van der Waals surface area contributed by atoms with E-state index < -0.39 is 6.10 Å². The Morgan fingerprint density at radius 1 is 1.04 bits per heavy atom. The lowest BCUT2D eigenvalue weighted by molar-refractivity contribution is -0.122. The molecular formula is C19H23NO3. The van der Waals surface area contributed by atoms with E-state index in [1.165, 1.54) is 0 Å². The summed E-state index contributed by atoms with van der Waals surface area (Å²) in [4.78, 5) is 12.4. The quantitative estimate of drug-likeness (QED) is 0.873. The third-order valence-corrected chi connectivity index (χ3v) is 3.49. The summed E-state index contributed by atoms with van der Waals surface area (Å²) in [5, 5.41) is 2.87. The summed E-state index contributed by atoms with van der Waals surface area (Å²) in [5.74, 6) is 1.32. The highest BCUT2D eigenvalue weighted by Gasteiger charge is 2.18. The molecule has 122 valence electrons. The fraction of sp³-hybridized carbons (Fsp3) is 0.316. The smallest absolute Gasteiger partial charge is 0.265 e. The van der Waals surface area contributed by atoms with Crippen LogP contribution in [0.5, 0.6) is 11.5 Å². The minimum atomic E-state index is -0.529. The van der Waals surface area contributed by atoms with Gasteiger partial charge in [0.1, 0.15) is 11.5 Å². The lowest BCUT2D eigenvalue weighted by Crippen LogP contribution is -2.32. The Bertz CT molecular complexity index is 645. The molecule has 23 heavy (non-hydrogen) atoms. The molecule has 0 saturated carbocycles. The van der Waals surface area contributed by atoms with E-state index in [1.54, 1.807) is 31.4 Å². The van der Waals surface area contributed by atoms with Crippen molar-refractivity contribution in [2.24, 2.45) is 0 Å². The summed E-state index contributed by atoms with van der Waals surface area (Å²) in [6, 6.07) is 13.2. The molecule has 0 aliphatic rings. The van der Waals surface area contributed by atoms with Crippen molar-refractivity contribution in [1.29, 1.82) is 0 Å². The number of ether oxygens (including phenoxy) is 2. The van der Waals surface area contributed by atoms with Crippen LogP contribution < -0.4 is 14.8 Å². The highest BCUT2D eigenvalue weighted by atomic mass is 16.5. The molecule has 0 aliphatic carbocycles. The molecule has 0 bridgehead atoms. The van der Waals surface area contributed by atoms with E-state index >= 15 is 0 Å². The van der Waals surface area contributed by atoms with Gasteiger partial charge in [0, 0.05) is 5.69 Å². The molecule has 4 nitrogen and oxygen atoms in total. The van der Waals surface area contributed by atoms with Gasteiger partial charge in [-0.25, -0.2) is 0 Å². The first-order valence-electron chi connectivity index (χ1n) is 7.71. The van der Waals surface area contributed by atoms with Crippen molar-refractivity contribution in [1.82, 2.24) is 0 Å². The molecule has 2 rings (SSSR count). The van der Waals surface area contributed by atoms with Crippen LogP contribution >= 0.6 is 0 Å². The van der Waals surface area contributed by atoms with E-state index in [4.69, 9.17) is 9.47 Å². The Labute approximate surface area is 137 Å². The van der Waals surface area contributed by atoms with Crippen molar-refractivity contribution in [3.05, 3.63) is 53.6 Å². The zero-order valence-electron chi connectivity index (χ0n) is 14.1. The summed E-state index contributed by atoms with van der Waals surface area (Å²) in [5.41, 5.74) is 2.95. The van der Waals surface area contributed by atoms with Gasteiger partial charge >= 0.3 is 0 Å². The van der Waals surface area contributed by atoms with Gasteiger partial charge in [-0.3, -0.25) is 4.79 Å². The van der Waals surface area contributed by atoms with Crippen LogP contribution in [-0.2, 0) is 4.79 Å². The highest BCUT2D eigenvalue weighted by Crippen LogP contribution is 2.20. The first kappa shape index (κ1) is 16.9. The molecular weight excluding hydrogens is 290 g/mol. The number of carbonyl (C=O) groups excluding carboxylic acids is 1. The SMILES string of the molecule is CC[C@@H](Oc1cc(C)cc(C)c1)C(=O)Nc1ccc(OC)cc1. The van der Waals surface area contributed by atoms with E-state index in [9.17, 15) is 4.79 Å². The Morgan fingerprint density at radius 3 is 2.17 bits per heavy atom. The first-order valence-corrected chi connectivity index (χ1v) is 7.71. The maximum absolute atomic E-state index is 12.4. The largest absolute Gasteiger partial charge is 0.497 e. The molecule has 0 aliphatic heterocycles. The second-order valence-corrected chi connectivity index (χ2v) is 5.56. The molecule has 1 atom stereocenters. The Balaban J connectivity index is 2.05. The lowest BCUT2D eigenvalue weighted by atomic mass is 10.1. The average Bonchev–Trinajstić information content (AvgIpc) is 2.52. The van der Waals surface area contributed by atoms with E-state index in [2.05, 4.69) is 11.4 Å². The lowest BCUT2D eigenvalue weighted by Gasteiger charge is -2.18. The number of nitrogens with one attached hydrogen (secondary N) is 1. The Hall–Kier alpha value is -2.49. The van der Waals surface area contributed by atoms with Crippen LogP contribution in [-0.4, -0.2) is 19.1 Å². The number of carbonyl (C=O) groups is 1. The number of rotatable bonds is 6. The summed E-state index contributed by atoms with van der Waals surface area (Å²) in [7, 11) is 1.61. The van der Waals surface area contributed by atoms with Crippen molar-refractivity contribution in [2.45, 2.75) is 33.3 Å². The Morgan fingerprint density at radius 2 is 1.65 bits per heavy atom. The number of hydrogen-bond donors (Lipinski definition) is 1. The van der Waals surface area contributed by atoms with Gasteiger partial charge in [0.05, 0.1) is 7.11 Å². The number of anilines is 1. The van der Waals surface area contributed by atoms with Crippen LogP contribution in [0.1, 0.15) is 24.5 Å². The van der Waals surface area contributed by atoms with Gasteiger partial charge in [-0.15, -0.1) is 0 Å². The van der Waals surface area contributed by atoms with Gasteiger partial charge < -0.3 is 14.8 Å². The standard InChI is InChI=1S/C19H23NO3/c1-5-18(23-17-11-13(2)10-14(3)12-17)19(21)20-15-6-8-16(22-4)9-7-15/h6-12,18H,5H2,1-4H3,(H,20,21)/t18-/m1/s1. The van der Waals surface area contributed by atoms with Gasteiger partial charge in [0.25, 0.3) is 5.91 Å². The van der Waals surface area contributed by atoms with Crippen LogP contribution in [0.2, 0.25) is 0 Å². The van der Waals surface area contributed by atoms with Gasteiger partial charge in [0.15, 0.2) is 6.10 Å². The van der Waals surface area contributed by atoms with Crippen LogP contribution in [0.3, 0.4) is 0 Å². The third kappa shape index (κ3) is 4.74. The summed E-state index contributed by atoms with van der Waals surface area (Å²) < 4.78 is 11.0. The fourth-order valence-corrected chi connectivity index (χ4v) is 2.38. The number of benzene rings is 2. The van der Waals surface area contributed by atoms with Gasteiger partial charge in [-0.2, -0.15) is 0 Å². The molecule has 0 aromatic heterocycles. The van der Waals surface area contributed by atoms with Crippen molar-refractivity contribution in [2.75, 3.05) is 12.4 Å². The minimum absolute atomic E-state index is 0.156. The predicted octanol–water partition coefficient (Wildman–Crippen LogP) is 4.11. The fourth-order valence-electron chi connectivity index (χ4n) is 2.38. The first-order chi connectivity index (χ1) is 11.0. The highest BCUT2D eigenvalue weighted by molar-refractivity contribution is 5.94. The molecule has 4 heteroatoms. The van der Waals surface area contributed by atoms with Crippen molar-refractivity contribution in [3.63, 3.8) is 0 Å². The van der Waals surface area contributed by atoms with Crippen LogP contribution in [0.4, 0.5) is 5.69 Å². The molecule has 2 aromatic carbocycles. The zero-order chi connectivity index (χ0) is 16.8. The predicted molar refractivity (Wildman–Crippen MR) is 92.2 cm³/mol. The van der Waals surface area contributed by atoms with Crippen molar-refractivity contribution in [3.8, 4) is 11.5 Å². The second-order valence-electron chi connectivity index (χ2n) is 5.56. The van der Waals surface area contributed by atoms with Crippen LogP contribution in [0.25, 0.3) is 0 Å². The van der Waals surface area contributed by atoms with Gasteiger partial charge in [0.2, 0.25) is 0 Å². The number of aryl methyl sites for hydroxylation is 2. The maximum Gasteiger partial charge on any atom is 0.265 e. The van der Waals surface area contributed by atoms with Crippen molar-refractivity contribution >= 4 is 11.6 Å². The zero-order valence-corrected chi connectivity index (χ0v) is 14.1. The van der Waals surface area contributed by atoms with Gasteiger partial charge in [-0.1, -0.05) is 13.0 Å². The Kier molecular flexibility index (Phi) is 5.63. The van der Waals surface area contributed by atoms with E-state index in [1.807, 2.05) is 32.9 Å². The third-order valence-electron chi connectivity index (χ3n) is 3.49. The summed E-state index contributed by atoms with van der Waals surface area (Å²) in [6.07, 6.45) is 0.0629. The summed E-state index contributed by atoms with van der Waals surface area (Å²) >= 11 is 0. The maximum atomic E-state index is 12.4. The second kappa shape index (κ2) is 7.68. The number of amides is 1. The molecule has 0 fully saturated rings. The molecule has 0 spiro atoms. The van der Waals surface area contributed by atoms with E-state index in [-0.39, 0.29) is 5.91 Å². The monoisotopic (exact) mass is 313 g/mol. The molecule has 1 amide bonds. The normalized spacial score (nSPS) is 11.7. The number of methoxy groups -OCH3 is 1. The van der Waals surface area contributed by atoms with Crippen molar-refractivity contribution < 1.29 is 14.3 Å². The molecule has 0 unspecified atom stereocenters. The minimum Gasteiger partial charge on any atom is -0.497 e. The molecule has 0 radical (unpaired) electrons. The average molecular weight is 313 g/mol. The molecule has 1 N–H and O–H groups in total. The van der Waals surface area contributed by atoms with E-state index in [0.29, 0.717) is 6.42 Å².